The number of nitrogens with one attached hydrogen (secondary N) is 1. The summed E-state index contributed by atoms with van der Waals surface area (Å²) in [5.74, 6) is -2.74. The van der Waals surface area contributed by atoms with E-state index in [4.69, 9.17) is 5.26 Å². The van der Waals surface area contributed by atoms with Gasteiger partial charge < -0.3 is 5.32 Å². The van der Waals surface area contributed by atoms with Crippen LogP contribution in [0, 0.1) is 23.0 Å². The Balaban J connectivity index is 1.94. The van der Waals surface area contributed by atoms with E-state index in [2.05, 4.69) is 5.32 Å². The number of amides is 3. The molecule has 5 nitrogen and oxygen atoms in total. The van der Waals surface area contributed by atoms with Gasteiger partial charge in [-0.05, 0) is 30.7 Å². The van der Waals surface area contributed by atoms with Crippen LogP contribution in [0.15, 0.2) is 42.5 Å². The monoisotopic (exact) mass is 341 g/mol. The normalized spacial score (nSPS) is 19.7. The molecule has 3 rings (SSSR count). The number of hydrogen-bond acceptors (Lipinski definition) is 3. The van der Waals surface area contributed by atoms with Gasteiger partial charge in [-0.1, -0.05) is 24.3 Å². The van der Waals surface area contributed by atoms with Gasteiger partial charge in [-0.2, -0.15) is 5.26 Å². The highest BCUT2D eigenvalue weighted by atomic mass is 19.2. The highest BCUT2D eigenvalue weighted by molar-refractivity contribution is 6.07. The Hall–Kier alpha value is -3.27. The highest BCUT2D eigenvalue weighted by Crippen LogP contribution is 2.30. The first-order chi connectivity index (χ1) is 11.9. The van der Waals surface area contributed by atoms with Crippen LogP contribution in [0.2, 0.25) is 0 Å². The van der Waals surface area contributed by atoms with Crippen molar-refractivity contribution < 1.29 is 18.4 Å². The number of nitrogens with zero attached hydrogens (tertiary/aromatic N) is 2. The summed E-state index contributed by atoms with van der Waals surface area (Å²) in [6, 6.07) is 11.1. The summed E-state index contributed by atoms with van der Waals surface area (Å²) in [4.78, 5) is 25.9. The average molecular weight is 341 g/mol. The van der Waals surface area contributed by atoms with Crippen LogP contribution < -0.4 is 5.32 Å². The molecule has 1 aliphatic heterocycles. The lowest BCUT2D eigenvalue weighted by Crippen LogP contribution is -2.40. The van der Waals surface area contributed by atoms with Gasteiger partial charge in [-0.25, -0.2) is 13.6 Å². The smallest absolute Gasteiger partial charge is 0.319 e. The molecule has 7 heteroatoms. The molecule has 1 atom stereocenters. The fourth-order valence-electron chi connectivity index (χ4n) is 2.78. The van der Waals surface area contributed by atoms with E-state index in [0.29, 0.717) is 11.1 Å². The van der Waals surface area contributed by atoms with Gasteiger partial charge in [-0.3, -0.25) is 9.69 Å². The van der Waals surface area contributed by atoms with Crippen molar-refractivity contribution in [3.05, 3.63) is 70.8 Å². The number of imide groups is 1. The molecular formula is C18H13F2N3O2. The zero-order valence-electron chi connectivity index (χ0n) is 13.2. The molecule has 25 heavy (non-hydrogen) atoms. The first-order valence-corrected chi connectivity index (χ1v) is 7.44. The van der Waals surface area contributed by atoms with Crippen LogP contribution >= 0.6 is 0 Å². The van der Waals surface area contributed by atoms with E-state index in [1.807, 2.05) is 6.07 Å². The second-order valence-electron chi connectivity index (χ2n) is 5.85. The van der Waals surface area contributed by atoms with Gasteiger partial charge in [0, 0.05) is 5.56 Å². The summed E-state index contributed by atoms with van der Waals surface area (Å²) >= 11 is 0. The highest BCUT2D eigenvalue weighted by Gasteiger charge is 2.49. The van der Waals surface area contributed by atoms with E-state index < -0.39 is 29.1 Å². The average Bonchev–Trinajstić information content (AvgIpc) is 2.83. The molecule has 1 aliphatic rings. The summed E-state index contributed by atoms with van der Waals surface area (Å²) in [5.41, 5.74) is -0.700. The molecular weight excluding hydrogens is 328 g/mol. The Morgan fingerprint density at radius 2 is 1.92 bits per heavy atom. The topological polar surface area (TPSA) is 73.2 Å². The van der Waals surface area contributed by atoms with Crippen LogP contribution in [0.3, 0.4) is 0 Å². The van der Waals surface area contributed by atoms with E-state index in [9.17, 15) is 18.4 Å². The first-order valence-electron chi connectivity index (χ1n) is 7.44. The first kappa shape index (κ1) is 16.6. The molecule has 0 unspecified atom stereocenters. The van der Waals surface area contributed by atoms with E-state index in [0.717, 1.165) is 11.0 Å². The standard InChI is InChI=1S/C18H13F2N3O2/c1-18(13-6-2-4-11(8-13)9-21)16(24)23(17(25)22-18)10-12-5-3-7-14(19)15(12)20/h2-8H,10H2,1H3,(H,22,25)/t18-/m0/s1. The minimum Gasteiger partial charge on any atom is -0.319 e. The summed E-state index contributed by atoms with van der Waals surface area (Å²) < 4.78 is 27.2. The van der Waals surface area contributed by atoms with Crippen LogP contribution in [-0.4, -0.2) is 16.8 Å². The molecule has 2 aromatic rings. The maximum atomic E-state index is 13.8. The fourth-order valence-corrected chi connectivity index (χ4v) is 2.78. The van der Waals surface area contributed by atoms with Gasteiger partial charge in [-0.15, -0.1) is 0 Å². The lowest BCUT2D eigenvalue weighted by molar-refractivity contribution is -0.131. The minimum atomic E-state index is -1.38. The second-order valence-corrected chi connectivity index (χ2v) is 5.85. The van der Waals surface area contributed by atoms with Crippen LogP contribution in [-0.2, 0) is 16.9 Å². The zero-order chi connectivity index (χ0) is 18.2. The lowest BCUT2D eigenvalue weighted by atomic mass is 9.91. The molecule has 0 aliphatic carbocycles. The molecule has 0 bridgehead atoms. The summed E-state index contributed by atoms with van der Waals surface area (Å²) in [7, 11) is 0. The van der Waals surface area contributed by atoms with Crippen LogP contribution in [0.5, 0.6) is 0 Å². The van der Waals surface area contributed by atoms with Crippen molar-refractivity contribution in [3.63, 3.8) is 0 Å². The number of halogens is 2. The van der Waals surface area contributed by atoms with Crippen LogP contribution in [0.4, 0.5) is 13.6 Å². The number of nitriles is 1. The largest absolute Gasteiger partial charge is 0.325 e. The van der Waals surface area contributed by atoms with Crippen molar-refractivity contribution in [3.8, 4) is 6.07 Å². The lowest BCUT2D eigenvalue weighted by Gasteiger charge is -2.22. The summed E-state index contributed by atoms with van der Waals surface area (Å²) in [5, 5.41) is 11.6. The maximum absolute atomic E-state index is 13.8. The molecule has 0 radical (unpaired) electrons. The van der Waals surface area contributed by atoms with E-state index in [-0.39, 0.29) is 12.1 Å². The third-order valence-electron chi connectivity index (χ3n) is 4.20. The Morgan fingerprint density at radius 3 is 2.64 bits per heavy atom. The molecule has 0 saturated carbocycles. The van der Waals surface area contributed by atoms with Crippen molar-refractivity contribution in [2.24, 2.45) is 0 Å². The quantitative estimate of drug-likeness (QED) is 0.873. The predicted molar refractivity (Wildman–Crippen MR) is 83.9 cm³/mol. The maximum Gasteiger partial charge on any atom is 0.325 e. The van der Waals surface area contributed by atoms with Crippen molar-refractivity contribution in [1.82, 2.24) is 10.2 Å². The molecule has 1 saturated heterocycles. The molecule has 2 aromatic carbocycles. The number of carbonyl (C=O) groups is 2. The van der Waals surface area contributed by atoms with E-state index >= 15 is 0 Å². The van der Waals surface area contributed by atoms with Crippen LogP contribution in [0.25, 0.3) is 0 Å². The molecule has 0 aromatic heterocycles. The molecule has 1 fully saturated rings. The number of carbonyl (C=O) groups excluding carboxylic acids is 2. The molecule has 1 heterocycles. The van der Waals surface area contributed by atoms with Crippen molar-refractivity contribution in [2.75, 3.05) is 0 Å². The number of rotatable bonds is 3. The third-order valence-corrected chi connectivity index (χ3v) is 4.20. The predicted octanol–water partition coefficient (Wildman–Crippen LogP) is 2.80. The van der Waals surface area contributed by atoms with E-state index in [1.54, 1.807) is 18.2 Å². The molecule has 3 amide bonds. The van der Waals surface area contributed by atoms with Gasteiger partial charge in [0.2, 0.25) is 0 Å². The van der Waals surface area contributed by atoms with E-state index in [1.165, 1.54) is 25.1 Å². The molecule has 0 spiro atoms. The Labute approximate surface area is 142 Å². The van der Waals surface area contributed by atoms with Gasteiger partial charge in [0.05, 0.1) is 18.2 Å². The van der Waals surface area contributed by atoms with Crippen molar-refractivity contribution in [2.45, 2.75) is 19.0 Å². The Bertz CT molecular complexity index is 923. The van der Waals surface area contributed by atoms with Gasteiger partial charge in [0.15, 0.2) is 11.6 Å². The van der Waals surface area contributed by atoms with Crippen molar-refractivity contribution >= 4 is 11.9 Å². The fraction of sp³-hybridized carbons (Fsp3) is 0.167. The number of benzene rings is 2. The number of urea groups is 1. The van der Waals surface area contributed by atoms with Gasteiger partial charge in [0.1, 0.15) is 5.54 Å². The minimum absolute atomic E-state index is 0.0986. The summed E-state index contributed by atoms with van der Waals surface area (Å²) in [6.45, 7) is 1.12. The molecule has 126 valence electrons. The number of hydrogen-bond donors (Lipinski definition) is 1. The zero-order valence-corrected chi connectivity index (χ0v) is 13.2. The van der Waals surface area contributed by atoms with Crippen molar-refractivity contribution in [1.29, 1.82) is 5.26 Å². The van der Waals surface area contributed by atoms with Gasteiger partial charge in [0.25, 0.3) is 5.91 Å². The van der Waals surface area contributed by atoms with Gasteiger partial charge >= 0.3 is 6.03 Å². The third kappa shape index (κ3) is 2.72. The Kier molecular flexibility index (Phi) is 3.97. The Morgan fingerprint density at radius 1 is 1.20 bits per heavy atom. The summed E-state index contributed by atoms with van der Waals surface area (Å²) in [6.07, 6.45) is 0. The SMILES string of the molecule is C[C@@]1(c2cccc(C#N)c2)NC(=O)N(Cc2cccc(F)c2F)C1=O. The van der Waals surface area contributed by atoms with Crippen LogP contribution in [0.1, 0.15) is 23.6 Å². The molecule has 1 N–H and O–H groups in total. The second kappa shape index (κ2) is 5.98.